The topological polar surface area (TPSA) is 126 Å². The number of nitrogen functional groups attached to an aromatic ring is 1. The van der Waals surface area contributed by atoms with Crippen molar-refractivity contribution in [2.24, 2.45) is 0 Å². The highest BCUT2D eigenvalue weighted by atomic mass is 35.5. The van der Waals surface area contributed by atoms with E-state index in [1.807, 2.05) is 6.07 Å². The van der Waals surface area contributed by atoms with E-state index in [0.29, 0.717) is 45.0 Å². The molecule has 5 N–H and O–H groups in total. The third-order valence-corrected chi connectivity index (χ3v) is 5.24. The first-order valence-electron chi connectivity index (χ1n) is 9.48. The Morgan fingerprint density at radius 3 is 2.83 bits per heavy atom. The lowest BCUT2D eigenvalue weighted by Crippen LogP contribution is -2.19. The molecular formula is C20H18ClN7O2. The molecule has 1 saturated heterocycles. The number of anilines is 4. The number of aromatic nitrogens is 3. The Hall–Kier alpha value is -3.59. The number of amides is 2. The van der Waals surface area contributed by atoms with Gasteiger partial charge in [-0.1, -0.05) is 11.6 Å². The van der Waals surface area contributed by atoms with Gasteiger partial charge in [-0.05, 0) is 37.1 Å². The van der Waals surface area contributed by atoms with Crippen LogP contribution in [0.5, 0.6) is 0 Å². The average molecular weight is 424 g/mol. The number of hydrogen-bond donors (Lipinski definition) is 4. The van der Waals surface area contributed by atoms with Crippen LogP contribution in [0, 0.1) is 0 Å². The van der Waals surface area contributed by atoms with Gasteiger partial charge in [-0.15, -0.1) is 0 Å². The summed E-state index contributed by atoms with van der Waals surface area (Å²) in [5.74, 6) is 0.605. The van der Waals surface area contributed by atoms with Crippen LogP contribution in [0.1, 0.15) is 24.8 Å². The van der Waals surface area contributed by atoms with E-state index in [2.05, 4.69) is 26.0 Å². The number of carbonyl (C=O) groups excluding carboxylic acids is 2. The summed E-state index contributed by atoms with van der Waals surface area (Å²) in [7, 11) is 0. The Kier molecular flexibility index (Phi) is 4.32. The molecule has 1 aliphatic heterocycles. The molecule has 2 fully saturated rings. The predicted molar refractivity (Wildman–Crippen MR) is 115 cm³/mol. The van der Waals surface area contributed by atoms with E-state index in [4.69, 9.17) is 17.3 Å². The van der Waals surface area contributed by atoms with Crippen LogP contribution in [0.25, 0.3) is 11.7 Å². The Labute approximate surface area is 176 Å². The fourth-order valence-corrected chi connectivity index (χ4v) is 3.44. The predicted octanol–water partition coefficient (Wildman–Crippen LogP) is 2.71. The first-order valence-corrected chi connectivity index (χ1v) is 9.86. The van der Waals surface area contributed by atoms with Crippen molar-refractivity contribution in [1.82, 2.24) is 19.9 Å². The number of imide groups is 1. The maximum absolute atomic E-state index is 11.9. The number of nitrogens with zero attached hydrogens (tertiary/aromatic N) is 3. The van der Waals surface area contributed by atoms with Gasteiger partial charge in [0.2, 0.25) is 5.91 Å². The fraction of sp³-hybridized carbons (Fsp3) is 0.200. The summed E-state index contributed by atoms with van der Waals surface area (Å²) in [5, 5.41) is 13.9. The Bertz CT molecular complexity index is 1230. The van der Waals surface area contributed by atoms with E-state index in [-0.39, 0.29) is 12.3 Å². The van der Waals surface area contributed by atoms with Gasteiger partial charge < -0.3 is 16.4 Å². The summed E-state index contributed by atoms with van der Waals surface area (Å²) in [6.45, 7) is 0. The quantitative estimate of drug-likeness (QED) is 0.282. The van der Waals surface area contributed by atoms with E-state index >= 15 is 0 Å². The van der Waals surface area contributed by atoms with Gasteiger partial charge in [-0.25, -0.2) is 4.98 Å². The average Bonchev–Trinajstić information content (AvgIpc) is 3.34. The minimum Gasteiger partial charge on any atom is -0.399 e. The second kappa shape index (κ2) is 7.03. The van der Waals surface area contributed by atoms with Crippen molar-refractivity contribution >= 4 is 58.1 Å². The molecule has 5 rings (SSSR count). The number of nitrogens with one attached hydrogen (secondary N) is 3. The minimum atomic E-state index is -0.392. The van der Waals surface area contributed by atoms with Crippen LogP contribution >= 0.6 is 11.6 Å². The first-order chi connectivity index (χ1) is 14.5. The van der Waals surface area contributed by atoms with Gasteiger partial charge >= 0.3 is 0 Å². The van der Waals surface area contributed by atoms with Crippen LogP contribution in [0.3, 0.4) is 0 Å². The first kappa shape index (κ1) is 18.4. The third-order valence-electron chi connectivity index (χ3n) is 4.91. The van der Waals surface area contributed by atoms with Crippen molar-refractivity contribution in [3.63, 3.8) is 0 Å². The molecule has 9 nitrogen and oxygen atoms in total. The molecule has 3 heterocycles. The zero-order valence-electron chi connectivity index (χ0n) is 15.8. The number of rotatable bonds is 5. The van der Waals surface area contributed by atoms with Gasteiger partial charge in [0.1, 0.15) is 11.6 Å². The highest BCUT2D eigenvalue weighted by molar-refractivity contribution is 6.33. The number of halogens is 1. The second-order valence-electron chi connectivity index (χ2n) is 7.37. The standard InChI is InChI=1S/C20H18ClN7O2/c21-14-4-1-12(22)7-15(14)25-16-8-17(24-13-2-3-13)28-19(26-16)11(9-23-28)5-10-6-18(29)27-20(10)30/h1,4-5,7-9,13,24H,2-3,6,22H2,(H,25,26)(H,27,29,30)/b10-5+. The molecule has 1 saturated carbocycles. The lowest BCUT2D eigenvalue weighted by atomic mass is 10.1. The Morgan fingerprint density at radius 2 is 2.10 bits per heavy atom. The van der Waals surface area contributed by atoms with Gasteiger partial charge in [-0.3, -0.25) is 14.9 Å². The molecule has 0 unspecified atom stereocenters. The molecule has 1 aromatic carbocycles. The highest BCUT2D eigenvalue weighted by Gasteiger charge is 2.25. The minimum absolute atomic E-state index is 0.0419. The molecule has 0 atom stereocenters. The van der Waals surface area contributed by atoms with E-state index in [0.717, 1.165) is 18.7 Å². The van der Waals surface area contributed by atoms with Crippen molar-refractivity contribution < 1.29 is 9.59 Å². The zero-order chi connectivity index (χ0) is 20.8. The molecule has 2 aliphatic rings. The van der Waals surface area contributed by atoms with Crippen molar-refractivity contribution in [3.05, 3.63) is 46.6 Å². The SMILES string of the molecule is Nc1ccc(Cl)c(Nc2cc(NC3CC3)n3ncc(/C=C4\CC(=O)NC4=O)c3n2)c1. The largest absolute Gasteiger partial charge is 0.399 e. The van der Waals surface area contributed by atoms with E-state index in [1.165, 1.54) is 0 Å². The van der Waals surface area contributed by atoms with Gasteiger partial charge in [-0.2, -0.15) is 9.61 Å². The number of fused-ring (bicyclic) bond motifs is 1. The van der Waals surface area contributed by atoms with E-state index < -0.39 is 5.91 Å². The number of benzene rings is 1. The van der Waals surface area contributed by atoms with Crippen molar-refractivity contribution in [3.8, 4) is 0 Å². The summed E-state index contributed by atoms with van der Waals surface area (Å²) >= 11 is 6.29. The van der Waals surface area contributed by atoms with Crippen molar-refractivity contribution in [2.75, 3.05) is 16.4 Å². The summed E-state index contributed by atoms with van der Waals surface area (Å²) in [5.41, 5.74) is 8.65. The molecule has 0 spiro atoms. The van der Waals surface area contributed by atoms with Crippen LogP contribution in [0.2, 0.25) is 5.02 Å². The van der Waals surface area contributed by atoms with Gasteiger partial charge in [0.05, 0.1) is 23.3 Å². The Balaban J connectivity index is 1.59. The summed E-state index contributed by atoms with van der Waals surface area (Å²) in [6.07, 6.45) is 5.50. The maximum Gasteiger partial charge on any atom is 0.254 e. The third kappa shape index (κ3) is 3.55. The second-order valence-corrected chi connectivity index (χ2v) is 7.78. The lowest BCUT2D eigenvalue weighted by Gasteiger charge is -2.13. The van der Waals surface area contributed by atoms with Gasteiger partial charge in [0.15, 0.2) is 5.65 Å². The van der Waals surface area contributed by atoms with Gasteiger partial charge in [0, 0.05) is 28.9 Å². The molecule has 0 bridgehead atoms. The molecular weight excluding hydrogens is 406 g/mol. The lowest BCUT2D eigenvalue weighted by molar-refractivity contribution is -0.124. The summed E-state index contributed by atoms with van der Waals surface area (Å²) in [6, 6.07) is 7.41. The molecule has 30 heavy (non-hydrogen) atoms. The van der Waals surface area contributed by atoms with Crippen molar-refractivity contribution in [2.45, 2.75) is 25.3 Å². The molecule has 0 radical (unpaired) electrons. The van der Waals surface area contributed by atoms with Crippen LogP contribution in [0.15, 0.2) is 36.0 Å². The highest BCUT2D eigenvalue weighted by Crippen LogP contribution is 2.31. The molecule has 10 heteroatoms. The molecule has 2 amide bonds. The van der Waals surface area contributed by atoms with Crippen LogP contribution in [0.4, 0.5) is 23.0 Å². The number of hydrogen-bond acceptors (Lipinski definition) is 7. The van der Waals surface area contributed by atoms with Gasteiger partial charge in [0.25, 0.3) is 5.91 Å². The molecule has 2 aromatic heterocycles. The Morgan fingerprint density at radius 1 is 1.27 bits per heavy atom. The number of nitrogens with two attached hydrogens (primary N) is 1. The maximum atomic E-state index is 11.9. The molecule has 152 valence electrons. The van der Waals surface area contributed by atoms with Crippen LogP contribution in [-0.4, -0.2) is 32.5 Å². The summed E-state index contributed by atoms with van der Waals surface area (Å²) in [4.78, 5) is 28.1. The van der Waals surface area contributed by atoms with E-state index in [1.54, 1.807) is 35.0 Å². The number of carbonyl (C=O) groups is 2. The summed E-state index contributed by atoms with van der Waals surface area (Å²) < 4.78 is 1.69. The van der Waals surface area contributed by atoms with Crippen LogP contribution < -0.4 is 21.7 Å². The van der Waals surface area contributed by atoms with Crippen LogP contribution in [-0.2, 0) is 9.59 Å². The molecule has 1 aliphatic carbocycles. The zero-order valence-corrected chi connectivity index (χ0v) is 16.5. The smallest absolute Gasteiger partial charge is 0.254 e. The normalized spacial score (nSPS) is 17.6. The monoisotopic (exact) mass is 423 g/mol. The van der Waals surface area contributed by atoms with E-state index in [9.17, 15) is 9.59 Å². The molecule has 3 aromatic rings. The fourth-order valence-electron chi connectivity index (χ4n) is 3.27. The van der Waals surface area contributed by atoms with Crippen molar-refractivity contribution in [1.29, 1.82) is 0 Å².